The Morgan fingerprint density at radius 2 is 1.05 bits per heavy atom. The molecular weight excluding hydrogens is 492 g/mol. The second kappa shape index (κ2) is 12.3. The predicted octanol–water partition coefficient (Wildman–Crippen LogP) is 1.68. The van der Waals surface area contributed by atoms with Crippen LogP contribution < -0.4 is 10.6 Å². The Balaban J connectivity index is 2.15. The third kappa shape index (κ3) is 6.31. The number of hydrogen-bond acceptors (Lipinski definition) is 8. The fourth-order valence-corrected chi connectivity index (χ4v) is 4.42. The molecule has 0 spiro atoms. The number of carbonyl (C=O) groups excluding carboxylic acids is 6. The summed E-state index contributed by atoms with van der Waals surface area (Å²) in [7, 11) is 0. The minimum absolute atomic E-state index is 0.0836. The first-order chi connectivity index (χ1) is 18.1. The Labute approximate surface area is 220 Å². The van der Waals surface area contributed by atoms with E-state index in [2.05, 4.69) is 10.6 Å². The number of amides is 2. The van der Waals surface area contributed by atoms with Gasteiger partial charge in [0.05, 0.1) is 13.2 Å². The molecule has 0 radical (unpaired) electrons. The maximum atomic E-state index is 13.3. The van der Waals surface area contributed by atoms with Crippen molar-refractivity contribution < 1.29 is 38.2 Å². The number of fused-ring (bicyclic) bond motifs is 2. The minimum Gasteiger partial charge on any atom is -0.464 e. The summed E-state index contributed by atoms with van der Waals surface area (Å²) in [6.07, 6.45) is -0.167. The Morgan fingerprint density at radius 3 is 1.37 bits per heavy atom. The number of esters is 2. The highest BCUT2D eigenvalue weighted by Gasteiger charge is 2.33. The molecular formula is C28H30N2O8. The zero-order chi connectivity index (χ0) is 28.0. The number of benzene rings is 2. The summed E-state index contributed by atoms with van der Waals surface area (Å²) >= 11 is 0. The predicted molar refractivity (Wildman–Crippen MR) is 136 cm³/mol. The van der Waals surface area contributed by atoms with E-state index in [0.29, 0.717) is 11.1 Å². The van der Waals surface area contributed by atoms with E-state index < -0.39 is 35.8 Å². The molecule has 10 heteroatoms. The summed E-state index contributed by atoms with van der Waals surface area (Å²) in [6, 6.07) is 7.29. The van der Waals surface area contributed by atoms with Gasteiger partial charge in [0.2, 0.25) is 11.8 Å². The van der Waals surface area contributed by atoms with E-state index in [1.54, 1.807) is 38.1 Å². The van der Waals surface area contributed by atoms with Crippen LogP contribution >= 0.6 is 0 Å². The lowest BCUT2D eigenvalue weighted by Crippen LogP contribution is -2.44. The molecule has 0 aromatic heterocycles. The van der Waals surface area contributed by atoms with Crippen LogP contribution in [0.4, 0.5) is 0 Å². The number of carbonyl (C=O) groups is 6. The zero-order valence-electron chi connectivity index (χ0n) is 21.7. The minimum atomic E-state index is -1.09. The van der Waals surface area contributed by atoms with Crippen LogP contribution in [0.1, 0.15) is 70.7 Å². The number of rotatable bonds is 10. The normalized spacial score (nSPS) is 13.5. The van der Waals surface area contributed by atoms with Crippen LogP contribution in [0.15, 0.2) is 36.4 Å². The van der Waals surface area contributed by atoms with Crippen molar-refractivity contribution in [2.24, 2.45) is 0 Å². The Bertz CT molecular complexity index is 1200. The van der Waals surface area contributed by atoms with Gasteiger partial charge in [-0.05, 0) is 37.1 Å². The SMILES string of the molecule is CCOC(=O)[C@@H](Cc1cc2c(cc1C[C@@H](NC(C)=O)C(=O)OCC)C(=O)c1ccccc1C2=O)NC(C)=O. The molecule has 0 aliphatic heterocycles. The molecule has 200 valence electrons. The van der Waals surface area contributed by atoms with E-state index in [-0.39, 0.29) is 59.9 Å². The molecule has 1 aliphatic carbocycles. The molecule has 0 heterocycles. The first kappa shape index (κ1) is 28.2. The highest BCUT2D eigenvalue weighted by Crippen LogP contribution is 2.31. The maximum absolute atomic E-state index is 13.3. The van der Waals surface area contributed by atoms with E-state index >= 15 is 0 Å². The summed E-state index contributed by atoms with van der Waals surface area (Å²) in [5.74, 6) is -3.01. The highest BCUT2D eigenvalue weighted by molar-refractivity contribution is 6.28. The molecule has 1 aliphatic rings. The van der Waals surface area contributed by atoms with Crippen molar-refractivity contribution in [1.82, 2.24) is 10.6 Å². The Hall–Kier alpha value is -4.34. The van der Waals surface area contributed by atoms with Gasteiger partial charge in [0.25, 0.3) is 0 Å². The molecule has 2 aromatic rings. The molecule has 0 fully saturated rings. The maximum Gasteiger partial charge on any atom is 0.328 e. The van der Waals surface area contributed by atoms with Crippen LogP contribution in [0.25, 0.3) is 0 Å². The summed E-state index contributed by atoms with van der Waals surface area (Å²) < 4.78 is 10.2. The summed E-state index contributed by atoms with van der Waals surface area (Å²) in [4.78, 5) is 75.6. The highest BCUT2D eigenvalue weighted by atomic mass is 16.5. The fraction of sp³-hybridized carbons (Fsp3) is 0.357. The molecule has 0 bridgehead atoms. The Kier molecular flexibility index (Phi) is 9.11. The summed E-state index contributed by atoms with van der Waals surface area (Å²) in [5, 5.41) is 5.12. The van der Waals surface area contributed by atoms with E-state index in [4.69, 9.17) is 9.47 Å². The van der Waals surface area contributed by atoms with Gasteiger partial charge in [-0.3, -0.25) is 19.2 Å². The van der Waals surface area contributed by atoms with Gasteiger partial charge in [0, 0.05) is 48.9 Å². The van der Waals surface area contributed by atoms with Crippen LogP contribution in [-0.4, -0.2) is 60.6 Å². The summed E-state index contributed by atoms with van der Waals surface area (Å²) in [6.45, 7) is 5.95. The topological polar surface area (TPSA) is 145 Å². The first-order valence-corrected chi connectivity index (χ1v) is 12.3. The molecule has 0 unspecified atom stereocenters. The first-order valence-electron chi connectivity index (χ1n) is 12.3. The van der Waals surface area contributed by atoms with Gasteiger partial charge in [0.15, 0.2) is 11.6 Å². The largest absolute Gasteiger partial charge is 0.464 e. The van der Waals surface area contributed by atoms with Crippen molar-refractivity contribution in [3.63, 3.8) is 0 Å². The van der Waals surface area contributed by atoms with E-state index in [1.165, 1.54) is 26.0 Å². The van der Waals surface area contributed by atoms with Crippen LogP contribution in [0.3, 0.4) is 0 Å². The lowest BCUT2D eigenvalue weighted by Gasteiger charge is -2.24. The monoisotopic (exact) mass is 522 g/mol. The lowest BCUT2D eigenvalue weighted by molar-refractivity contribution is -0.147. The number of ketones is 2. The van der Waals surface area contributed by atoms with Crippen molar-refractivity contribution >= 4 is 35.3 Å². The number of ether oxygens (including phenoxy) is 2. The van der Waals surface area contributed by atoms with Gasteiger partial charge < -0.3 is 20.1 Å². The number of nitrogens with one attached hydrogen (secondary N) is 2. The average Bonchev–Trinajstić information content (AvgIpc) is 2.86. The molecule has 0 saturated heterocycles. The molecule has 2 amide bonds. The molecule has 10 nitrogen and oxygen atoms in total. The van der Waals surface area contributed by atoms with Gasteiger partial charge >= 0.3 is 11.9 Å². The van der Waals surface area contributed by atoms with Crippen molar-refractivity contribution in [2.45, 2.75) is 52.6 Å². The molecule has 3 rings (SSSR count). The van der Waals surface area contributed by atoms with Crippen molar-refractivity contribution in [2.75, 3.05) is 13.2 Å². The fourth-order valence-electron chi connectivity index (χ4n) is 4.42. The molecule has 38 heavy (non-hydrogen) atoms. The molecule has 2 aromatic carbocycles. The molecule has 2 atom stereocenters. The Morgan fingerprint density at radius 1 is 0.684 bits per heavy atom. The standard InChI is InChI=1S/C28H30N2O8/c1-5-37-27(35)23(29-15(3)31)13-17-11-21-22(26(34)20-10-8-7-9-19(20)25(21)33)12-18(17)14-24(30-16(4)32)28(36)38-6-2/h7-12,23-24H,5-6,13-14H2,1-4H3,(H,29,31)(H,30,32)/t23-,24-/m1/s1. The van der Waals surface area contributed by atoms with E-state index in [0.717, 1.165) is 0 Å². The second-order valence-electron chi connectivity index (χ2n) is 8.79. The van der Waals surface area contributed by atoms with E-state index in [9.17, 15) is 28.8 Å². The van der Waals surface area contributed by atoms with Gasteiger partial charge in [-0.2, -0.15) is 0 Å². The van der Waals surface area contributed by atoms with Crippen molar-refractivity contribution in [3.8, 4) is 0 Å². The molecule has 0 saturated carbocycles. The van der Waals surface area contributed by atoms with Crippen LogP contribution in [0.2, 0.25) is 0 Å². The van der Waals surface area contributed by atoms with Crippen molar-refractivity contribution in [3.05, 3.63) is 69.8 Å². The van der Waals surface area contributed by atoms with Crippen LogP contribution in [-0.2, 0) is 41.5 Å². The lowest BCUT2D eigenvalue weighted by atomic mass is 9.80. The van der Waals surface area contributed by atoms with Crippen LogP contribution in [0, 0.1) is 0 Å². The smallest absolute Gasteiger partial charge is 0.328 e. The number of hydrogen-bond donors (Lipinski definition) is 2. The van der Waals surface area contributed by atoms with Gasteiger partial charge in [-0.1, -0.05) is 24.3 Å². The molecule has 2 N–H and O–H groups in total. The summed E-state index contributed by atoms with van der Waals surface area (Å²) in [5.41, 5.74) is 1.66. The quantitative estimate of drug-likeness (QED) is 0.383. The third-order valence-electron chi connectivity index (χ3n) is 5.99. The second-order valence-corrected chi connectivity index (χ2v) is 8.79. The average molecular weight is 523 g/mol. The van der Waals surface area contributed by atoms with Gasteiger partial charge in [-0.25, -0.2) is 9.59 Å². The third-order valence-corrected chi connectivity index (χ3v) is 5.99. The van der Waals surface area contributed by atoms with E-state index in [1.807, 2.05) is 0 Å². The van der Waals surface area contributed by atoms with Crippen LogP contribution in [0.5, 0.6) is 0 Å². The van der Waals surface area contributed by atoms with Gasteiger partial charge in [0.1, 0.15) is 12.1 Å². The van der Waals surface area contributed by atoms with Gasteiger partial charge in [-0.15, -0.1) is 0 Å². The zero-order valence-corrected chi connectivity index (χ0v) is 21.7. The van der Waals surface area contributed by atoms with Crippen molar-refractivity contribution in [1.29, 1.82) is 0 Å².